The van der Waals surface area contributed by atoms with Crippen LogP contribution >= 0.6 is 0 Å². The van der Waals surface area contributed by atoms with Gasteiger partial charge in [-0.2, -0.15) is 0 Å². The van der Waals surface area contributed by atoms with Crippen LogP contribution in [0.3, 0.4) is 0 Å². The molecule has 0 spiro atoms. The molecule has 0 atom stereocenters. The van der Waals surface area contributed by atoms with Crippen LogP contribution < -0.4 is 16.4 Å². The summed E-state index contributed by atoms with van der Waals surface area (Å²) in [6, 6.07) is 20.4. The van der Waals surface area contributed by atoms with Gasteiger partial charge in [0.25, 0.3) is 5.91 Å². The van der Waals surface area contributed by atoms with Crippen molar-refractivity contribution >= 4 is 22.9 Å². The molecule has 0 aliphatic heterocycles. The van der Waals surface area contributed by atoms with E-state index in [-0.39, 0.29) is 5.91 Å². The highest BCUT2D eigenvalue weighted by molar-refractivity contribution is 6.05. The molecule has 3 aromatic rings. The van der Waals surface area contributed by atoms with Crippen LogP contribution in [0.15, 0.2) is 79.5 Å². The summed E-state index contributed by atoms with van der Waals surface area (Å²) in [5.74, 6) is -0.196. The van der Waals surface area contributed by atoms with Crippen LogP contribution in [0.4, 0.5) is 11.4 Å². The molecule has 1 aromatic heterocycles. The van der Waals surface area contributed by atoms with Crippen molar-refractivity contribution in [2.45, 2.75) is 6.54 Å². The van der Waals surface area contributed by atoms with E-state index in [1.165, 1.54) is 0 Å². The molecule has 1 heterocycles. The lowest BCUT2D eigenvalue weighted by Gasteiger charge is -2.10. The molecule has 5 heteroatoms. The molecular weight excluding hydrogens is 336 g/mol. The third-order valence-corrected chi connectivity index (χ3v) is 4.13. The Bertz CT molecular complexity index is 921. The summed E-state index contributed by atoms with van der Waals surface area (Å²) >= 11 is 0. The molecule has 0 radical (unpaired) electrons. The van der Waals surface area contributed by atoms with E-state index in [1.807, 2.05) is 42.5 Å². The quantitative estimate of drug-likeness (QED) is 0.562. The Balaban J connectivity index is 1.55. The van der Waals surface area contributed by atoms with Crippen LogP contribution in [0.5, 0.6) is 0 Å². The number of carbonyl (C=O) groups excluding carboxylic acids is 1. The van der Waals surface area contributed by atoms with Crippen molar-refractivity contribution < 1.29 is 4.79 Å². The number of nitrogen functional groups attached to an aromatic ring is 1. The molecule has 1 amide bonds. The standard InChI is InChI=1S/C22H22N4O/c1-16(14-24-15-19-6-4-5-13-25-19)17-9-11-18(12-10-17)22(27)26-21-8-3-2-7-20(21)23/h2-13,24H,1,14-15,23H2,(H,26,27). The minimum atomic E-state index is -0.196. The van der Waals surface area contributed by atoms with Gasteiger partial charge in [0.1, 0.15) is 0 Å². The zero-order valence-corrected chi connectivity index (χ0v) is 15.0. The summed E-state index contributed by atoms with van der Waals surface area (Å²) in [5, 5.41) is 6.14. The smallest absolute Gasteiger partial charge is 0.255 e. The Morgan fingerprint density at radius 1 is 0.963 bits per heavy atom. The van der Waals surface area contributed by atoms with E-state index in [0.717, 1.165) is 16.8 Å². The first-order valence-corrected chi connectivity index (χ1v) is 8.68. The summed E-state index contributed by atoms with van der Waals surface area (Å²) in [5.41, 5.74) is 10.5. The highest BCUT2D eigenvalue weighted by Crippen LogP contribution is 2.19. The number of nitrogens with two attached hydrogens (primary N) is 1. The summed E-state index contributed by atoms with van der Waals surface area (Å²) in [4.78, 5) is 16.6. The van der Waals surface area contributed by atoms with Crippen molar-refractivity contribution in [2.75, 3.05) is 17.6 Å². The number of hydrogen-bond donors (Lipinski definition) is 3. The molecule has 0 saturated carbocycles. The molecule has 2 aromatic carbocycles. The van der Waals surface area contributed by atoms with E-state index in [0.29, 0.717) is 30.0 Å². The maximum atomic E-state index is 12.4. The summed E-state index contributed by atoms with van der Waals surface area (Å²) < 4.78 is 0. The topological polar surface area (TPSA) is 80.0 Å². The second-order valence-electron chi connectivity index (χ2n) is 6.15. The second-order valence-corrected chi connectivity index (χ2v) is 6.15. The number of nitrogens with one attached hydrogen (secondary N) is 2. The van der Waals surface area contributed by atoms with Crippen molar-refractivity contribution in [3.05, 3.63) is 96.3 Å². The molecule has 0 aliphatic rings. The normalized spacial score (nSPS) is 10.4. The number of nitrogens with zero attached hydrogens (tertiary/aromatic N) is 1. The average Bonchev–Trinajstić information content (AvgIpc) is 2.70. The lowest BCUT2D eigenvalue weighted by Crippen LogP contribution is -2.16. The first-order valence-electron chi connectivity index (χ1n) is 8.68. The van der Waals surface area contributed by atoms with Gasteiger partial charge in [-0.15, -0.1) is 0 Å². The maximum Gasteiger partial charge on any atom is 0.255 e. The second kappa shape index (κ2) is 8.78. The lowest BCUT2D eigenvalue weighted by molar-refractivity contribution is 0.102. The molecule has 136 valence electrons. The first kappa shape index (κ1) is 18.4. The Hall–Kier alpha value is -3.44. The Labute approximate surface area is 159 Å². The Morgan fingerprint density at radius 3 is 2.37 bits per heavy atom. The molecule has 27 heavy (non-hydrogen) atoms. The van der Waals surface area contributed by atoms with Gasteiger partial charge in [0.2, 0.25) is 0 Å². The number of carbonyl (C=O) groups is 1. The van der Waals surface area contributed by atoms with Crippen LogP contribution in [0.1, 0.15) is 21.6 Å². The average molecular weight is 358 g/mol. The molecule has 0 bridgehead atoms. The maximum absolute atomic E-state index is 12.4. The monoisotopic (exact) mass is 358 g/mol. The van der Waals surface area contributed by atoms with Crippen LogP contribution in [-0.2, 0) is 6.54 Å². The SMILES string of the molecule is C=C(CNCc1ccccn1)c1ccc(C(=O)Nc2ccccc2N)cc1. The van der Waals surface area contributed by atoms with E-state index in [9.17, 15) is 4.79 Å². The summed E-state index contributed by atoms with van der Waals surface area (Å²) in [6.45, 7) is 5.43. The van der Waals surface area contributed by atoms with Gasteiger partial charge in [-0.3, -0.25) is 9.78 Å². The van der Waals surface area contributed by atoms with Crippen molar-refractivity contribution in [1.82, 2.24) is 10.3 Å². The molecule has 0 unspecified atom stereocenters. The number of hydrogen-bond acceptors (Lipinski definition) is 4. The fraction of sp³-hybridized carbons (Fsp3) is 0.0909. The van der Waals surface area contributed by atoms with Crippen LogP contribution in [0.2, 0.25) is 0 Å². The largest absolute Gasteiger partial charge is 0.397 e. The number of benzene rings is 2. The van der Waals surface area contributed by atoms with Crippen molar-refractivity contribution in [1.29, 1.82) is 0 Å². The van der Waals surface area contributed by atoms with E-state index in [2.05, 4.69) is 22.2 Å². The van der Waals surface area contributed by atoms with Gasteiger partial charge in [0.05, 0.1) is 17.1 Å². The number of anilines is 2. The number of rotatable bonds is 7. The minimum Gasteiger partial charge on any atom is -0.397 e. The van der Waals surface area contributed by atoms with E-state index in [1.54, 1.807) is 30.5 Å². The van der Waals surface area contributed by atoms with Gasteiger partial charge in [-0.25, -0.2) is 0 Å². The zero-order chi connectivity index (χ0) is 19.1. The lowest BCUT2D eigenvalue weighted by atomic mass is 10.0. The third kappa shape index (κ3) is 5.03. The van der Waals surface area contributed by atoms with Crippen LogP contribution in [-0.4, -0.2) is 17.4 Å². The van der Waals surface area contributed by atoms with Crippen LogP contribution in [0.25, 0.3) is 5.57 Å². The van der Waals surface area contributed by atoms with Crippen molar-refractivity contribution in [3.8, 4) is 0 Å². The first-order chi connectivity index (χ1) is 13.1. The number of pyridine rings is 1. The van der Waals surface area contributed by atoms with Crippen molar-refractivity contribution in [3.63, 3.8) is 0 Å². The molecule has 0 saturated heterocycles. The van der Waals surface area contributed by atoms with Crippen molar-refractivity contribution in [2.24, 2.45) is 0 Å². The molecule has 3 rings (SSSR count). The molecule has 5 nitrogen and oxygen atoms in total. The third-order valence-electron chi connectivity index (χ3n) is 4.13. The number of para-hydroxylation sites is 2. The fourth-order valence-corrected chi connectivity index (χ4v) is 2.61. The van der Waals surface area contributed by atoms with Gasteiger partial charge in [0.15, 0.2) is 0 Å². The molecule has 0 fully saturated rings. The van der Waals surface area contributed by atoms with E-state index in [4.69, 9.17) is 5.73 Å². The minimum absolute atomic E-state index is 0.196. The van der Waals surface area contributed by atoms with Gasteiger partial charge >= 0.3 is 0 Å². The predicted octanol–water partition coefficient (Wildman–Crippen LogP) is 3.72. The highest BCUT2D eigenvalue weighted by atomic mass is 16.1. The zero-order valence-electron chi connectivity index (χ0n) is 15.0. The molecule has 0 aliphatic carbocycles. The van der Waals surface area contributed by atoms with Gasteiger partial charge < -0.3 is 16.4 Å². The van der Waals surface area contributed by atoms with Gasteiger partial charge in [-0.05, 0) is 47.5 Å². The van der Waals surface area contributed by atoms with E-state index >= 15 is 0 Å². The van der Waals surface area contributed by atoms with Gasteiger partial charge in [0, 0.05) is 24.8 Å². The molecule has 4 N–H and O–H groups in total. The number of amides is 1. The van der Waals surface area contributed by atoms with Gasteiger partial charge in [-0.1, -0.05) is 36.9 Å². The summed E-state index contributed by atoms with van der Waals surface area (Å²) in [7, 11) is 0. The Kier molecular flexibility index (Phi) is 5.97. The Morgan fingerprint density at radius 2 is 1.67 bits per heavy atom. The number of aromatic nitrogens is 1. The fourth-order valence-electron chi connectivity index (χ4n) is 2.61. The molecular formula is C22H22N4O. The highest BCUT2D eigenvalue weighted by Gasteiger charge is 2.08. The van der Waals surface area contributed by atoms with E-state index < -0.39 is 0 Å². The predicted molar refractivity (Wildman–Crippen MR) is 110 cm³/mol. The van der Waals surface area contributed by atoms with Crippen LogP contribution in [0, 0.1) is 0 Å². The summed E-state index contributed by atoms with van der Waals surface area (Å²) in [6.07, 6.45) is 1.78.